The van der Waals surface area contributed by atoms with Gasteiger partial charge in [-0.15, -0.1) is 0 Å². The van der Waals surface area contributed by atoms with Gasteiger partial charge in [0.1, 0.15) is 0 Å². The second-order valence-corrected chi connectivity index (χ2v) is 4.53. The van der Waals surface area contributed by atoms with E-state index in [1.54, 1.807) is 0 Å². The zero-order chi connectivity index (χ0) is 12.0. The van der Waals surface area contributed by atoms with E-state index in [1.807, 2.05) is 12.1 Å². The van der Waals surface area contributed by atoms with Gasteiger partial charge in [0.15, 0.2) is 0 Å². The Kier molecular flexibility index (Phi) is 5.05. The number of rotatable bonds is 5. The van der Waals surface area contributed by atoms with Crippen molar-refractivity contribution in [1.29, 1.82) is 5.26 Å². The molecule has 0 radical (unpaired) electrons. The molecule has 16 heavy (non-hydrogen) atoms. The maximum atomic E-state index is 8.99. The molecule has 0 aliphatic heterocycles. The van der Waals surface area contributed by atoms with Crippen molar-refractivity contribution in [2.24, 2.45) is 0 Å². The van der Waals surface area contributed by atoms with Gasteiger partial charge in [-0.1, -0.05) is 45.2 Å². The highest BCUT2D eigenvalue weighted by atomic mass is 14.2. The lowest BCUT2D eigenvalue weighted by molar-refractivity contribution is 0.596. The summed E-state index contributed by atoms with van der Waals surface area (Å²) in [6, 6.07) is 8.31. The van der Waals surface area contributed by atoms with Crippen LogP contribution in [0.5, 0.6) is 0 Å². The Labute approximate surface area is 99.1 Å². The van der Waals surface area contributed by atoms with Gasteiger partial charge in [-0.05, 0) is 36.5 Å². The molecule has 0 heterocycles. The van der Waals surface area contributed by atoms with Crippen molar-refractivity contribution >= 4 is 0 Å². The van der Waals surface area contributed by atoms with E-state index in [2.05, 4.69) is 32.9 Å². The summed E-state index contributed by atoms with van der Waals surface area (Å²) in [7, 11) is 0. The van der Waals surface area contributed by atoms with Crippen molar-refractivity contribution in [2.45, 2.75) is 52.4 Å². The van der Waals surface area contributed by atoms with E-state index < -0.39 is 0 Å². The average Bonchev–Trinajstić information content (AvgIpc) is 2.29. The molecule has 0 aliphatic carbocycles. The van der Waals surface area contributed by atoms with E-state index in [9.17, 15) is 0 Å². The van der Waals surface area contributed by atoms with E-state index in [0.29, 0.717) is 5.92 Å². The number of nitrogens with zero attached hydrogens (tertiary/aromatic N) is 1. The summed E-state index contributed by atoms with van der Waals surface area (Å²) in [5.41, 5.74) is 3.32. The van der Waals surface area contributed by atoms with Crippen molar-refractivity contribution < 1.29 is 0 Å². The molecule has 0 spiro atoms. The third-order valence-corrected chi connectivity index (χ3v) is 3.27. The number of benzene rings is 1. The van der Waals surface area contributed by atoms with E-state index in [-0.39, 0.29) is 0 Å². The summed E-state index contributed by atoms with van der Waals surface area (Å²) in [6.45, 7) is 6.55. The zero-order valence-corrected chi connectivity index (χ0v) is 10.6. The van der Waals surface area contributed by atoms with Gasteiger partial charge in [0, 0.05) is 0 Å². The molecule has 0 amide bonds. The first-order valence-corrected chi connectivity index (χ1v) is 6.20. The van der Waals surface area contributed by atoms with Gasteiger partial charge in [-0.25, -0.2) is 0 Å². The minimum absolute atomic E-state index is 0.569. The Bertz CT molecular complexity index is 374. The number of nitriles is 1. The molecule has 0 saturated carbocycles. The van der Waals surface area contributed by atoms with Crippen molar-refractivity contribution in [1.82, 2.24) is 0 Å². The highest BCUT2D eigenvalue weighted by Crippen LogP contribution is 2.26. The fourth-order valence-corrected chi connectivity index (χ4v) is 2.16. The van der Waals surface area contributed by atoms with Crippen molar-refractivity contribution in [3.8, 4) is 6.07 Å². The highest BCUT2D eigenvalue weighted by molar-refractivity contribution is 5.43. The van der Waals surface area contributed by atoms with Crippen LogP contribution >= 0.6 is 0 Å². The number of hydrogen-bond donors (Lipinski definition) is 0. The zero-order valence-electron chi connectivity index (χ0n) is 10.6. The summed E-state index contributed by atoms with van der Waals surface area (Å²) in [4.78, 5) is 0. The maximum Gasteiger partial charge on any atom is 0.0994 e. The first-order chi connectivity index (χ1) is 7.70. The molecule has 0 N–H and O–H groups in total. The van der Waals surface area contributed by atoms with Gasteiger partial charge < -0.3 is 0 Å². The molecule has 1 atom stereocenters. The predicted molar refractivity (Wildman–Crippen MR) is 68.5 cm³/mol. The predicted octanol–water partition coefficient (Wildman–Crippen LogP) is 4.55. The van der Waals surface area contributed by atoms with Crippen molar-refractivity contribution in [3.05, 3.63) is 34.9 Å². The molecule has 1 unspecified atom stereocenters. The number of hydrogen-bond acceptors (Lipinski definition) is 1. The summed E-state index contributed by atoms with van der Waals surface area (Å²) >= 11 is 0. The first kappa shape index (κ1) is 12.8. The van der Waals surface area contributed by atoms with Crippen LogP contribution in [0.3, 0.4) is 0 Å². The molecule has 0 bridgehead atoms. The van der Waals surface area contributed by atoms with Crippen LogP contribution in [-0.4, -0.2) is 0 Å². The molecule has 1 heteroatoms. The smallest absolute Gasteiger partial charge is 0.0994 e. The minimum Gasteiger partial charge on any atom is -0.192 e. The van der Waals surface area contributed by atoms with Gasteiger partial charge in [-0.2, -0.15) is 5.26 Å². The first-order valence-electron chi connectivity index (χ1n) is 6.20. The summed E-state index contributed by atoms with van der Waals surface area (Å²) in [5, 5.41) is 8.99. The van der Waals surface area contributed by atoms with Crippen LogP contribution in [0.1, 0.15) is 62.1 Å². The van der Waals surface area contributed by atoms with Crippen LogP contribution in [0.2, 0.25) is 0 Å². The molecule has 86 valence electrons. The lowest BCUT2D eigenvalue weighted by Gasteiger charge is -2.15. The fourth-order valence-electron chi connectivity index (χ4n) is 2.16. The van der Waals surface area contributed by atoms with Crippen molar-refractivity contribution in [2.75, 3.05) is 0 Å². The SMILES string of the molecule is CCCCCC(C)c1cccc(C#N)c1C. The second-order valence-electron chi connectivity index (χ2n) is 4.53. The fraction of sp³-hybridized carbons (Fsp3) is 0.533. The topological polar surface area (TPSA) is 23.8 Å². The van der Waals surface area contributed by atoms with Gasteiger partial charge in [0.25, 0.3) is 0 Å². The Hall–Kier alpha value is -1.29. The van der Waals surface area contributed by atoms with Gasteiger partial charge in [0.2, 0.25) is 0 Å². The lowest BCUT2D eigenvalue weighted by atomic mass is 9.90. The molecule has 0 aromatic heterocycles. The van der Waals surface area contributed by atoms with Crippen LogP contribution < -0.4 is 0 Å². The molecule has 1 nitrogen and oxygen atoms in total. The molecule has 1 rings (SSSR count). The minimum atomic E-state index is 0.569. The van der Waals surface area contributed by atoms with Gasteiger partial charge >= 0.3 is 0 Å². The van der Waals surface area contributed by atoms with E-state index in [1.165, 1.54) is 31.2 Å². The molecule has 1 aromatic rings. The quantitative estimate of drug-likeness (QED) is 0.661. The molecule has 0 saturated heterocycles. The number of unbranched alkanes of at least 4 members (excludes halogenated alkanes) is 2. The maximum absolute atomic E-state index is 8.99. The highest BCUT2D eigenvalue weighted by Gasteiger charge is 2.10. The van der Waals surface area contributed by atoms with Crippen LogP contribution in [0.15, 0.2) is 18.2 Å². The van der Waals surface area contributed by atoms with E-state index in [4.69, 9.17) is 5.26 Å². The van der Waals surface area contributed by atoms with Crippen LogP contribution in [0, 0.1) is 18.3 Å². The molecule has 1 aromatic carbocycles. The Balaban J connectivity index is 2.76. The summed E-state index contributed by atoms with van der Waals surface area (Å²) in [5.74, 6) is 0.569. The van der Waals surface area contributed by atoms with Crippen LogP contribution in [0.4, 0.5) is 0 Å². The van der Waals surface area contributed by atoms with Gasteiger partial charge in [0.05, 0.1) is 11.6 Å². The van der Waals surface area contributed by atoms with E-state index >= 15 is 0 Å². The monoisotopic (exact) mass is 215 g/mol. The lowest BCUT2D eigenvalue weighted by Crippen LogP contribution is -1.98. The molecule has 0 aliphatic rings. The summed E-state index contributed by atoms with van der Waals surface area (Å²) < 4.78 is 0. The third-order valence-electron chi connectivity index (χ3n) is 3.27. The van der Waals surface area contributed by atoms with E-state index in [0.717, 1.165) is 11.1 Å². The van der Waals surface area contributed by atoms with Crippen molar-refractivity contribution in [3.63, 3.8) is 0 Å². The Morgan fingerprint density at radius 2 is 2.06 bits per heavy atom. The normalized spacial score (nSPS) is 12.1. The average molecular weight is 215 g/mol. The molecular weight excluding hydrogens is 194 g/mol. The second kappa shape index (κ2) is 6.33. The van der Waals surface area contributed by atoms with Crippen LogP contribution in [0.25, 0.3) is 0 Å². The molecular formula is C15H21N. The standard InChI is InChI=1S/C15H21N/c1-4-5-6-8-12(2)15-10-7-9-14(11-16)13(15)3/h7,9-10,12H,4-6,8H2,1-3H3. The Morgan fingerprint density at radius 3 is 2.69 bits per heavy atom. The Morgan fingerprint density at radius 1 is 1.31 bits per heavy atom. The van der Waals surface area contributed by atoms with Crippen LogP contribution in [-0.2, 0) is 0 Å². The third kappa shape index (κ3) is 3.10. The molecule has 0 fully saturated rings. The van der Waals surface area contributed by atoms with Gasteiger partial charge in [-0.3, -0.25) is 0 Å². The summed E-state index contributed by atoms with van der Waals surface area (Å²) in [6.07, 6.45) is 5.09. The largest absolute Gasteiger partial charge is 0.192 e.